The smallest absolute Gasteiger partial charge is 0.210 e. The zero-order valence-corrected chi connectivity index (χ0v) is 15.6. The van der Waals surface area contributed by atoms with Gasteiger partial charge in [0.2, 0.25) is 3.79 Å². The second-order valence-electron chi connectivity index (χ2n) is 5.14. The molecule has 1 rings (SSSR count). The van der Waals surface area contributed by atoms with Crippen LogP contribution in [0.5, 0.6) is 0 Å². The van der Waals surface area contributed by atoms with Gasteiger partial charge in [0.05, 0.1) is 21.8 Å². The first kappa shape index (κ1) is 18.8. The van der Waals surface area contributed by atoms with E-state index in [1.807, 2.05) is 20.8 Å². The first-order valence-electron chi connectivity index (χ1n) is 5.62. The molecule has 1 aromatic carbocycles. The van der Waals surface area contributed by atoms with Crippen molar-refractivity contribution in [2.75, 3.05) is 0 Å². The summed E-state index contributed by atoms with van der Waals surface area (Å²) in [5.41, 5.74) is 0.522. The first-order chi connectivity index (χ1) is 8.93. The van der Waals surface area contributed by atoms with E-state index in [1.54, 1.807) is 18.2 Å². The largest absolute Gasteiger partial charge is 0.242 e. The summed E-state index contributed by atoms with van der Waals surface area (Å²) in [5.74, 6) is 0. The van der Waals surface area contributed by atoms with Crippen molar-refractivity contribution in [3.8, 4) is 0 Å². The number of alkyl halides is 3. The predicted molar refractivity (Wildman–Crippen MR) is 90.5 cm³/mol. The summed E-state index contributed by atoms with van der Waals surface area (Å²) < 4.78 is 12.8. The number of hydrogen-bond donors (Lipinski definition) is 1. The Bertz CT molecular complexity index is 510. The molecule has 0 saturated carbocycles. The topological polar surface area (TPSA) is 29.1 Å². The molecule has 114 valence electrons. The van der Waals surface area contributed by atoms with Gasteiger partial charge in [-0.2, -0.15) is 0 Å². The minimum Gasteiger partial charge on any atom is -0.242 e. The van der Waals surface area contributed by atoms with Gasteiger partial charge < -0.3 is 0 Å². The Balaban J connectivity index is 3.18. The van der Waals surface area contributed by atoms with Crippen LogP contribution in [0.25, 0.3) is 0 Å². The van der Waals surface area contributed by atoms with Crippen molar-refractivity contribution >= 4 is 69.0 Å². The lowest BCUT2D eigenvalue weighted by Crippen LogP contribution is -2.40. The van der Waals surface area contributed by atoms with Gasteiger partial charge in [-0.3, -0.25) is 0 Å². The van der Waals surface area contributed by atoms with Gasteiger partial charge in [0, 0.05) is 10.0 Å². The third kappa shape index (κ3) is 5.20. The molecular weight excluding hydrogens is 383 g/mol. The molecule has 20 heavy (non-hydrogen) atoms. The molecule has 0 heterocycles. The van der Waals surface area contributed by atoms with E-state index in [4.69, 9.17) is 58.0 Å². The molecule has 0 aliphatic heterocycles. The van der Waals surface area contributed by atoms with Crippen LogP contribution in [0.4, 0.5) is 0 Å². The van der Waals surface area contributed by atoms with Gasteiger partial charge in [-0.05, 0) is 38.5 Å². The highest BCUT2D eigenvalue weighted by molar-refractivity contribution is 7.84. The Labute approximate surface area is 146 Å². The molecule has 0 bridgehead atoms. The Hall–Kier alpha value is 0.780. The normalized spacial score (nSPS) is 16.0. The predicted octanol–water partition coefficient (Wildman–Crippen LogP) is 5.46. The maximum absolute atomic E-state index is 12.2. The maximum Gasteiger partial charge on any atom is 0.210 e. The number of hydrogen-bond acceptors (Lipinski definition) is 1. The SMILES string of the molecule is CC(C)(C)[S@@](=O)N[C@@H](c1ccc(Cl)cc1Cl)C(Cl)(Cl)Cl. The minimum atomic E-state index is -1.71. The van der Waals surface area contributed by atoms with Gasteiger partial charge >= 0.3 is 0 Å². The van der Waals surface area contributed by atoms with E-state index in [-0.39, 0.29) is 0 Å². The molecule has 0 amide bonds. The van der Waals surface area contributed by atoms with Crippen LogP contribution in [0.15, 0.2) is 18.2 Å². The number of rotatable bonds is 3. The highest BCUT2D eigenvalue weighted by Crippen LogP contribution is 2.43. The lowest BCUT2D eigenvalue weighted by atomic mass is 10.1. The second kappa shape index (κ2) is 6.91. The number of benzene rings is 1. The van der Waals surface area contributed by atoms with Crippen molar-refractivity contribution in [3.05, 3.63) is 33.8 Å². The summed E-state index contributed by atoms with van der Waals surface area (Å²) in [4.78, 5) is 0. The highest BCUT2D eigenvalue weighted by Gasteiger charge is 2.38. The van der Waals surface area contributed by atoms with Gasteiger partial charge in [0.15, 0.2) is 0 Å². The summed E-state index contributed by atoms with van der Waals surface area (Å²) in [6.07, 6.45) is 0. The van der Waals surface area contributed by atoms with E-state index in [0.29, 0.717) is 15.6 Å². The molecule has 0 fully saturated rings. The Morgan fingerprint density at radius 1 is 1.15 bits per heavy atom. The molecule has 0 radical (unpaired) electrons. The molecule has 8 heteroatoms. The summed E-state index contributed by atoms with van der Waals surface area (Å²) >= 11 is 29.9. The van der Waals surface area contributed by atoms with Crippen molar-refractivity contribution in [3.63, 3.8) is 0 Å². The first-order valence-corrected chi connectivity index (χ1v) is 8.66. The molecule has 0 saturated heterocycles. The molecule has 0 aromatic heterocycles. The van der Waals surface area contributed by atoms with Gasteiger partial charge in [-0.1, -0.05) is 64.1 Å². The number of nitrogens with one attached hydrogen (secondary N) is 1. The lowest BCUT2D eigenvalue weighted by Gasteiger charge is -2.29. The third-order valence-corrected chi connectivity index (χ3v) is 5.16. The van der Waals surface area contributed by atoms with Crippen LogP contribution in [-0.2, 0) is 11.0 Å². The average molecular weight is 398 g/mol. The summed E-state index contributed by atoms with van der Waals surface area (Å²) in [6.45, 7) is 5.44. The van der Waals surface area contributed by atoms with Gasteiger partial charge in [0.25, 0.3) is 0 Å². The lowest BCUT2D eigenvalue weighted by molar-refractivity contribution is 0.603. The van der Waals surface area contributed by atoms with Crippen LogP contribution in [0.1, 0.15) is 32.4 Å². The van der Waals surface area contributed by atoms with Crippen molar-refractivity contribution in [1.29, 1.82) is 0 Å². The molecule has 2 nitrogen and oxygen atoms in total. The quantitative estimate of drug-likeness (QED) is 0.675. The molecule has 0 unspecified atom stereocenters. The third-order valence-electron chi connectivity index (χ3n) is 2.38. The van der Waals surface area contributed by atoms with Crippen LogP contribution < -0.4 is 4.72 Å². The second-order valence-corrected chi connectivity index (χ2v) is 10.3. The van der Waals surface area contributed by atoms with E-state index in [1.165, 1.54) is 0 Å². The van der Waals surface area contributed by atoms with Crippen LogP contribution in [0.3, 0.4) is 0 Å². The summed E-state index contributed by atoms with van der Waals surface area (Å²) in [7, 11) is -1.42. The van der Waals surface area contributed by atoms with Crippen molar-refractivity contribution in [1.82, 2.24) is 4.72 Å². The van der Waals surface area contributed by atoms with Crippen LogP contribution in [-0.4, -0.2) is 12.7 Å². The average Bonchev–Trinajstić information content (AvgIpc) is 2.23. The van der Waals surface area contributed by atoms with E-state index < -0.39 is 25.6 Å². The fourth-order valence-electron chi connectivity index (χ4n) is 1.33. The minimum absolute atomic E-state index is 0.340. The van der Waals surface area contributed by atoms with Crippen LogP contribution in [0.2, 0.25) is 10.0 Å². The highest BCUT2D eigenvalue weighted by atomic mass is 35.6. The molecule has 2 atom stereocenters. The van der Waals surface area contributed by atoms with Crippen molar-refractivity contribution in [2.24, 2.45) is 0 Å². The fourth-order valence-corrected chi connectivity index (χ4v) is 3.43. The Kier molecular flexibility index (Phi) is 6.50. The zero-order valence-electron chi connectivity index (χ0n) is 11.0. The zero-order chi connectivity index (χ0) is 15.7. The molecule has 0 spiro atoms. The maximum atomic E-state index is 12.2. The van der Waals surface area contributed by atoms with Crippen molar-refractivity contribution < 1.29 is 4.21 Å². The Morgan fingerprint density at radius 2 is 1.70 bits per heavy atom. The van der Waals surface area contributed by atoms with Crippen LogP contribution in [0, 0.1) is 0 Å². The van der Waals surface area contributed by atoms with Gasteiger partial charge in [0.1, 0.15) is 0 Å². The van der Waals surface area contributed by atoms with Gasteiger partial charge in [-0.25, -0.2) is 8.93 Å². The number of halogens is 5. The standard InChI is InChI=1S/C12H14Cl5NOS/c1-11(2,3)20(19)18-10(12(15,16)17)8-5-4-7(13)6-9(8)14/h4-6,10,18H,1-3H3/t10-,20+/m0/s1. The van der Waals surface area contributed by atoms with Crippen molar-refractivity contribution in [2.45, 2.75) is 35.4 Å². The molecular formula is C12H14Cl5NOS. The monoisotopic (exact) mass is 395 g/mol. The van der Waals surface area contributed by atoms with Crippen LogP contribution >= 0.6 is 58.0 Å². The van der Waals surface area contributed by atoms with E-state index in [9.17, 15) is 4.21 Å². The molecule has 0 aliphatic carbocycles. The molecule has 1 aromatic rings. The Morgan fingerprint density at radius 3 is 2.10 bits per heavy atom. The van der Waals surface area contributed by atoms with E-state index >= 15 is 0 Å². The molecule has 0 aliphatic rings. The van der Waals surface area contributed by atoms with E-state index in [0.717, 1.165) is 0 Å². The van der Waals surface area contributed by atoms with E-state index in [2.05, 4.69) is 4.72 Å². The summed E-state index contributed by atoms with van der Waals surface area (Å²) in [5, 5.41) is 0.811. The summed E-state index contributed by atoms with van der Waals surface area (Å²) in [6, 6.07) is 4.00. The van der Waals surface area contributed by atoms with Gasteiger partial charge in [-0.15, -0.1) is 0 Å². The molecule has 1 N–H and O–H groups in total. The fraction of sp³-hybridized carbons (Fsp3) is 0.500.